The first-order chi connectivity index (χ1) is 9.09. The molecule has 0 aromatic heterocycles. The Morgan fingerprint density at radius 3 is 1.58 bits per heavy atom. The Hall–Kier alpha value is -0.0800. The average Bonchev–Trinajstić information content (AvgIpc) is 2.35. The summed E-state index contributed by atoms with van der Waals surface area (Å²) in [7, 11) is 0.256. The molecule has 0 saturated carbocycles. The van der Waals surface area contributed by atoms with Crippen molar-refractivity contribution in [2.75, 3.05) is 6.16 Å². The second-order valence-electron chi connectivity index (χ2n) is 6.16. The summed E-state index contributed by atoms with van der Waals surface area (Å²) in [4.78, 5) is 0. The molecule has 0 aromatic carbocycles. The maximum absolute atomic E-state index is 8.44. The van der Waals surface area contributed by atoms with E-state index in [0.717, 1.165) is 24.2 Å². The fourth-order valence-electron chi connectivity index (χ4n) is 2.67. The fraction of sp³-hybridized carbons (Fsp3) is 0.941. The van der Waals surface area contributed by atoms with Crippen molar-refractivity contribution in [1.29, 1.82) is 5.26 Å². The summed E-state index contributed by atoms with van der Waals surface area (Å²) >= 11 is 0. The number of hydrogen-bond donors (Lipinski definition) is 0. The molecule has 0 aliphatic carbocycles. The van der Waals surface area contributed by atoms with E-state index in [-0.39, 0.29) is 7.92 Å². The maximum Gasteiger partial charge on any atom is 0.0621 e. The first-order valence-electron chi connectivity index (χ1n) is 8.22. The van der Waals surface area contributed by atoms with E-state index in [4.69, 9.17) is 5.26 Å². The minimum Gasteiger partial charge on any atom is -0.198 e. The molecule has 19 heavy (non-hydrogen) atoms. The van der Waals surface area contributed by atoms with E-state index in [1.165, 1.54) is 51.1 Å². The van der Waals surface area contributed by atoms with Crippen molar-refractivity contribution in [3.8, 4) is 6.07 Å². The van der Waals surface area contributed by atoms with Crippen LogP contribution in [0.1, 0.15) is 85.5 Å². The predicted octanol–water partition coefficient (Wildman–Crippen LogP) is 6.32. The topological polar surface area (TPSA) is 23.8 Å². The van der Waals surface area contributed by atoms with Gasteiger partial charge in [-0.2, -0.15) is 5.26 Å². The number of rotatable bonds is 12. The van der Waals surface area contributed by atoms with Crippen LogP contribution in [0.4, 0.5) is 0 Å². The minimum atomic E-state index is 0.256. The van der Waals surface area contributed by atoms with E-state index < -0.39 is 0 Å². The highest BCUT2D eigenvalue weighted by Crippen LogP contribution is 2.46. The standard InChI is InChI=1S/C17H34NP/c1-16(2)19(17(3)4)15-13-11-9-7-5-6-8-10-12-14-18/h16-17H,5-13,15H2,1-4H3. The zero-order chi connectivity index (χ0) is 14.5. The lowest BCUT2D eigenvalue weighted by Gasteiger charge is -2.25. The zero-order valence-electron chi connectivity index (χ0n) is 13.6. The first-order valence-corrected chi connectivity index (χ1v) is 9.88. The zero-order valence-corrected chi connectivity index (χ0v) is 14.5. The van der Waals surface area contributed by atoms with Crippen LogP contribution in [-0.4, -0.2) is 17.5 Å². The number of nitrogens with zero attached hydrogens (tertiary/aromatic N) is 1. The molecule has 0 atom stereocenters. The van der Waals surface area contributed by atoms with Crippen molar-refractivity contribution in [2.45, 2.75) is 96.8 Å². The molecule has 0 heterocycles. The molecule has 0 rings (SSSR count). The smallest absolute Gasteiger partial charge is 0.0621 e. The van der Waals surface area contributed by atoms with Crippen LogP contribution in [0.5, 0.6) is 0 Å². The van der Waals surface area contributed by atoms with E-state index in [0.29, 0.717) is 0 Å². The molecular weight excluding hydrogens is 249 g/mol. The second kappa shape index (κ2) is 12.9. The molecule has 1 nitrogen and oxygen atoms in total. The van der Waals surface area contributed by atoms with Gasteiger partial charge in [0.05, 0.1) is 6.07 Å². The van der Waals surface area contributed by atoms with Gasteiger partial charge in [-0.05, 0) is 30.3 Å². The molecule has 112 valence electrons. The Balaban J connectivity index is 3.33. The molecule has 0 saturated heterocycles. The second-order valence-corrected chi connectivity index (χ2v) is 9.70. The molecule has 0 amide bonds. The minimum absolute atomic E-state index is 0.256. The van der Waals surface area contributed by atoms with E-state index in [2.05, 4.69) is 33.8 Å². The van der Waals surface area contributed by atoms with Crippen molar-refractivity contribution < 1.29 is 0 Å². The van der Waals surface area contributed by atoms with Crippen molar-refractivity contribution in [2.24, 2.45) is 0 Å². The van der Waals surface area contributed by atoms with Gasteiger partial charge in [0.25, 0.3) is 0 Å². The molecule has 2 heteroatoms. The van der Waals surface area contributed by atoms with Crippen LogP contribution in [0.15, 0.2) is 0 Å². The quantitative estimate of drug-likeness (QED) is 0.304. The third-order valence-corrected chi connectivity index (χ3v) is 7.27. The normalized spacial score (nSPS) is 11.5. The van der Waals surface area contributed by atoms with E-state index >= 15 is 0 Å². The lowest BCUT2D eigenvalue weighted by molar-refractivity contribution is 0.579. The SMILES string of the molecule is CC(C)P(CCCCCCCCCCC#N)C(C)C. The summed E-state index contributed by atoms with van der Waals surface area (Å²) in [6, 6.07) is 2.22. The van der Waals surface area contributed by atoms with Gasteiger partial charge in [-0.15, -0.1) is 7.92 Å². The molecule has 0 N–H and O–H groups in total. The Labute approximate surface area is 122 Å². The summed E-state index contributed by atoms with van der Waals surface area (Å²) in [5, 5.41) is 8.44. The van der Waals surface area contributed by atoms with Crippen LogP contribution in [0, 0.1) is 11.3 Å². The lowest BCUT2D eigenvalue weighted by atomic mass is 10.1. The van der Waals surface area contributed by atoms with Crippen LogP contribution in [0.25, 0.3) is 0 Å². The molecule has 0 fully saturated rings. The highest BCUT2D eigenvalue weighted by molar-refractivity contribution is 7.59. The summed E-state index contributed by atoms with van der Waals surface area (Å²) in [6.45, 7) is 9.58. The molecule has 0 aliphatic rings. The van der Waals surface area contributed by atoms with Crippen molar-refractivity contribution >= 4 is 7.92 Å². The Morgan fingerprint density at radius 1 is 0.737 bits per heavy atom. The third kappa shape index (κ3) is 11.4. The number of nitriles is 1. The van der Waals surface area contributed by atoms with Gasteiger partial charge in [-0.1, -0.05) is 66.2 Å². The van der Waals surface area contributed by atoms with Crippen molar-refractivity contribution in [1.82, 2.24) is 0 Å². The fourth-order valence-corrected chi connectivity index (χ4v) is 5.49. The molecule has 0 radical (unpaired) electrons. The third-order valence-electron chi connectivity index (χ3n) is 3.78. The van der Waals surface area contributed by atoms with Crippen molar-refractivity contribution in [3.63, 3.8) is 0 Å². The first kappa shape index (κ1) is 18.9. The van der Waals surface area contributed by atoms with Gasteiger partial charge in [-0.3, -0.25) is 0 Å². The van der Waals surface area contributed by atoms with Crippen LogP contribution >= 0.6 is 7.92 Å². The monoisotopic (exact) mass is 283 g/mol. The van der Waals surface area contributed by atoms with E-state index in [1.54, 1.807) is 0 Å². The van der Waals surface area contributed by atoms with Crippen LogP contribution in [0.2, 0.25) is 0 Å². The van der Waals surface area contributed by atoms with Crippen molar-refractivity contribution in [3.05, 3.63) is 0 Å². The molecule has 0 aliphatic heterocycles. The van der Waals surface area contributed by atoms with Crippen LogP contribution in [0.3, 0.4) is 0 Å². The number of unbranched alkanes of at least 4 members (excludes halogenated alkanes) is 8. The van der Waals surface area contributed by atoms with Gasteiger partial charge in [0.15, 0.2) is 0 Å². The Morgan fingerprint density at radius 2 is 1.16 bits per heavy atom. The maximum atomic E-state index is 8.44. The highest BCUT2D eigenvalue weighted by atomic mass is 31.1. The predicted molar refractivity (Wildman–Crippen MR) is 89.2 cm³/mol. The van der Waals surface area contributed by atoms with Gasteiger partial charge in [0, 0.05) is 6.42 Å². The number of hydrogen-bond acceptors (Lipinski definition) is 1. The summed E-state index contributed by atoms with van der Waals surface area (Å²) in [6.07, 6.45) is 12.9. The molecule has 0 aromatic rings. The van der Waals surface area contributed by atoms with Gasteiger partial charge < -0.3 is 0 Å². The highest BCUT2D eigenvalue weighted by Gasteiger charge is 2.15. The van der Waals surface area contributed by atoms with E-state index in [9.17, 15) is 0 Å². The molecule has 0 unspecified atom stereocenters. The summed E-state index contributed by atoms with van der Waals surface area (Å²) < 4.78 is 0. The van der Waals surface area contributed by atoms with Gasteiger partial charge in [0.1, 0.15) is 0 Å². The average molecular weight is 283 g/mol. The largest absolute Gasteiger partial charge is 0.198 e. The Bertz CT molecular complexity index is 222. The van der Waals surface area contributed by atoms with Gasteiger partial charge in [-0.25, -0.2) is 0 Å². The molecule has 0 bridgehead atoms. The molecule has 0 spiro atoms. The van der Waals surface area contributed by atoms with Crippen LogP contribution in [-0.2, 0) is 0 Å². The van der Waals surface area contributed by atoms with Gasteiger partial charge in [0.2, 0.25) is 0 Å². The summed E-state index contributed by atoms with van der Waals surface area (Å²) in [5.41, 5.74) is 1.80. The summed E-state index contributed by atoms with van der Waals surface area (Å²) in [5.74, 6) is 0. The Kier molecular flexibility index (Phi) is 12.9. The lowest BCUT2D eigenvalue weighted by Crippen LogP contribution is -2.06. The van der Waals surface area contributed by atoms with Gasteiger partial charge >= 0.3 is 0 Å². The molecular formula is C17H34NP. The van der Waals surface area contributed by atoms with Crippen LogP contribution < -0.4 is 0 Å². The van der Waals surface area contributed by atoms with E-state index in [1.807, 2.05) is 0 Å².